The highest BCUT2D eigenvalue weighted by atomic mass is 79.9. The smallest absolute Gasteiger partial charge is 0.0638 e. The molecule has 0 heterocycles. The quantitative estimate of drug-likeness (QED) is 0.846. The maximum atomic E-state index is 6.14. The van der Waals surface area contributed by atoms with E-state index in [9.17, 15) is 0 Å². The molecule has 2 rings (SSSR count). The van der Waals surface area contributed by atoms with E-state index < -0.39 is 0 Å². The van der Waals surface area contributed by atoms with Crippen LogP contribution in [0.1, 0.15) is 26.2 Å². The molecule has 1 aliphatic rings. The molecule has 0 radical (unpaired) electrons. The van der Waals surface area contributed by atoms with Gasteiger partial charge in [-0.2, -0.15) is 0 Å². The molecule has 1 N–H and O–H groups in total. The molecule has 0 aliphatic heterocycles. The summed E-state index contributed by atoms with van der Waals surface area (Å²) in [6, 6.07) is 6.52. The largest absolute Gasteiger partial charge is 0.381 e. The maximum Gasteiger partial charge on any atom is 0.0638 e. The minimum Gasteiger partial charge on any atom is -0.381 e. The van der Waals surface area contributed by atoms with Crippen LogP contribution >= 0.6 is 27.5 Å². The van der Waals surface area contributed by atoms with E-state index in [1.807, 2.05) is 18.2 Å². The summed E-state index contributed by atoms with van der Waals surface area (Å²) < 4.78 is 1.07. The van der Waals surface area contributed by atoms with Crippen LogP contribution in [0.5, 0.6) is 0 Å². The van der Waals surface area contributed by atoms with Crippen LogP contribution < -0.4 is 5.32 Å². The molecule has 1 aliphatic carbocycles. The average molecular weight is 289 g/mol. The zero-order chi connectivity index (χ0) is 10.8. The summed E-state index contributed by atoms with van der Waals surface area (Å²) >= 11 is 9.60. The van der Waals surface area contributed by atoms with Crippen LogP contribution in [0.15, 0.2) is 22.7 Å². The summed E-state index contributed by atoms with van der Waals surface area (Å²) in [4.78, 5) is 0. The van der Waals surface area contributed by atoms with Crippen LogP contribution in [0.3, 0.4) is 0 Å². The van der Waals surface area contributed by atoms with E-state index >= 15 is 0 Å². The third kappa shape index (κ3) is 2.88. The standard InChI is InChI=1S/C12H15BrClN/c1-2-11(8-3-4-8)15-12-7-9(13)5-6-10(12)14/h5-8,11,15H,2-4H2,1H3. The Hall–Kier alpha value is -0.210. The van der Waals surface area contributed by atoms with Crippen LogP contribution in [0.25, 0.3) is 0 Å². The van der Waals surface area contributed by atoms with Crippen LogP contribution in [-0.2, 0) is 0 Å². The first kappa shape index (κ1) is 11.3. The average Bonchev–Trinajstić information content (AvgIpc) is 3.03. The van der Waals surface area contributed by atoms with E-state index in [0.29, 0.717) is 6.04 Å². The first-order valence-electron chi connectivity index (χ1n) is 5.42. The summed E-state index contributed by atoms with van der Waals surface area (Å²) in [5.74, 6) is 0.852. The number of benzene rings is 1. The fourth-order valence-electron chi connectivity index (χ4n) is 1.86. The van der Waals surface area contributed by atoms with E-state index in [1.165, 1.54) is 12.8 Å². The van der Waals surface area contributed by atoms with Crippen molar-refractivity contribution in [1.82, 2.24) is 0 Å². The Morgan fingerprint density at radius 2 is 2.27 bits per heavy atom. The van der Waals surface area contributed by atoms with Gasteiger partial charge in [-0.15, -0.1) is 0 Å². The SMILES string of the molecule is CCC(Nc1cc(Br)ccc1Cl)C1CC1. The maximum absolute atomic E-state index is 6.14. The third-order valence-electron chi connectivity index (χ3n) is 2.90. The van der Waals surface area contributed by atoms with Crippen molar-refractivity contribution < 1.29 is 0 Å². The highest BCUT2D eigenvalue weighted by Gasteiger charge is 2.30. The predicted octanol–water partition coefficient (Wildman–Crippen LogP) is 4.70. The molecular weight excluding hydrogens is 273 g/mol. The minimum atomic E-state index is 0.580. The van der Waals surface area contributed by atoms with Crippen molar-refractivity contribution in [3.63, 3.8) is 0 Å². The molecule has 1 aromatic rings. The third-order valence-corrected chi connectivity index (χ3v) is 3.72. The first-order valence-corrected chi connectivity index (χ1v) is 6.59. The summed E-state index contributed by atoms with van der Waals surface area (Å²) in [5.41, 5.74) is 1.05. The molecule has 0 bridgehead atoms. The van der Waals surface area contributed by atoms with Gasteiger partial charge in [0.1, 0.15) is 0 Å². The van der Waals surface area contributed by atoms with E-state index in [1.54, 1.807) is 0 Å². The number of hydrogen-bond donors (Lipinski definition) is 1. The summed E-state index contributed by atoms with van der Waals surface area (Å²) in [6.07, 6.45) is 3.88. The van der Waals surface area contributed by atoms with Gasteiger partial charge in [-0.05, 0) is 43.4 Å². The predicted molar refractivity (Wildman–Crippen MR) is 69.6 cm³/mol. The molecule has 0 spiro atoms. The second-order valence-corrected chi connectivity index (χ2v) is 5.44. The lowest BCUT2D eigenvalue weighted by Gasteiger charge is -2.18. The van der Waals surface area contributed by atoms with Crippen molar-refractivity contribution in [1.29, 1.82) is 0 Å². The lowest BCUT2D eigenvalue weighted by molar-refractivity contribution is 0.616. The van der Waals surface area contributed by atoms with Crippen molar-refractivity contribution in [2.24, 2.45) is 5.92 Å². The van der Waals surface area contributed by atoms with Crippen molar-refractivity contribution in [3.8, 4) is 0 Å². The molecule has 3 heteroatoms. The van der Waals surface area contributed by atoms with Gasteiger partial charge in [0, 0.05) is 10.5 Å². The topological polar surface area (TPSA) is 12.0 Å². The first-order chi connectivity index (χ1) is 7.20. The molecule has 1 nitrogen and oxygen atoms in total. The lowest BCUT2D eigenvalue weighted by Crippen LogP contribution is -2.20. The molecule has 1 fully saturated rings. The van der Waals surface area contributed by atoms with Crippen LogP contribution in [0, 0.1) is 5.92 Å². The van der Waals surface area contributed by atoms with Crippen molar-refractivity contribution in [2.45, 2.75) is 32.2 Å². The Morgan fingerprint density at radius 3 is 2.87 bits per heavy atom. The Balaban J connectivity index is 2.11. The zero-order valence-corrected chi connectivity index (χ0v) is 11.1. The molecule has 1 unspecified atom stereocenters. The zero-order valence-electron chi connectivity index (χ0n) is 8.76. The van der Waals surface area contributed by atoms with Gasteiger partial charge in [-0.1, -0.05) is 34.5 Å². The molecular formula is C12H15BrClN. The normalized spacial score (nSPS) is 17.5. The second-order valence-electron chi connectivity index (χ2n) is 4.12. The molecule has 0 amide bonds. The molecule has 15 heavy (non-hydrogen) atoms. The van der Waals surface area contributed by atoms with E-state index in [-0.39, 0.29) is 0 Å². The number of nitrogens with one attached hydrogen (secondary N) is 1. The molecule has 0 saturated heterocycles. The van der Waals surface area contributed by atoms with E-state index in [0.717, 1.165) is 27.5 Å². The summed E-state index contributed by atoms with van der Waals surface area (Å²) in [7, 11) is 0. The van der Waals surface area contributed by atoms with Crippen molar-refractivity contribution in [3.05, 3.63) is 27.7 Å². The number of rotatable bonds is 4. The van der Waals surface area contributed by atoms with Gasteiger partial charge in [0.2, 0.25) is 0 Å². The molecule has 1 saturated carbocycles. The van der Waals surface area contributed by atoms with Crippen molar-refractivity contribution in [2.75, 3.05) is 5.32 Å². The number of halogens is 2. The van der Waals surface area contributed by atoms with Gasteiger partial charge in [0.25, 0.3) is 0 Å². The van der Waals surface area contributed by atoms with Crippen LogP contribution in [0.4, 0.5) is 5.69 Å². The molecule has 1 aromatic carbocycles. The van der Waals surface area contributed by atoms with Crippen molar-refractivity contribution >= 4 is 33.2 Å². The molecule has 82 valence electrons. The van der Waals surface area contributed by atoms with Crippen LogP contribution in [0.2, 0.25) is 5.02 Å². The minimum absolute atomic E-state index is 0.580. The summed E-state index contributed by atoms with van der Waals surface area (Å²) in [5, 5.41) is 4.34. The van der Waals surface area contributed by atoms with Crippen LogP contribution in [-0.4, -0.2) is 6.04 Å². The van der Waals surface area contributed by atoms with Gasteiger partial charge < -0.3 is 5.32 Å². The fraction of sp³-hybridized carbons (Fsp3) is 0.500. The second kappa shape index (κ2) is 4.75. The van der Waals surface area contributed by atoms with Gasteiger partial charge in [0.05, 0.1) is 10.7 Å². The number of hydrogen-bond acceptors (Lipinski definition) is 1. The Labute approximate surface area is 104 Å². The Kier molecular flexibility index (Phi) is 3.57. The highest BCUT2D eigenvalue weighted by molar-refractivity contribution is 9.10. The van der Waals surface area contributed by atoms with E-state index in [2.05, 4.69) is 28.2 Å². The lowest BCUT2D eigenvalue weighted by atomic mass is 10.1. The van der Waals surface area contributed by atoms with E-state index in [4.69, 9.17) is 11.6 Å². The monoisotopic (exact) mass is 287 g/mol. The van der Waals surface area contributed by atoms with Gasteiger partial charge in [0.15, 0.2) is 0 Å². The summed E-state index contributed by atoms with van der Waals surface area (Å²) in [6.45, 7) is 2.22. The fourth-order valence-corrected chi connectivity index (χ4v) is 2.39. The molecule has 0 aromatic heterocycles. The number of anilines is 1. The highest BCUT2D eigenvalue weighted by Crippen LogP contribution is 2.37. The Bertz CT molecular complexity index is 349. The molecule has 1 atom stereocenters. The Morgan fingerprint density at radius 1 is 1.53 bits per heavy atom. The van der Waals surface area contributed by atoms with Gasteiger partial charge >= 0.3 is 0 Å². The van der Waals surface area contributed by atoms with Gasteiger partial charge in [-0.3, -0.25) is 0 Å². The van der Waals surface area contributed by atoms with Gasteiger partial charge in [-0.25, -0.2) is 0 Å².